The number of amides is 1. The molecule has 1 amide bonds. The summed E-state index contributed by atoms with van der Waals surface area (Å²) < 4.78 is 2.28. The first kappa shape index (κ1) is 21.0. The summed E-state index contributed by atoms with van der Waals surface area (Å²) >= 11 is 0. The summed E-state index contributed by atoms with van der Waals surface area (Å²) in [6, 6.07) is 15.2. The van der Waals surface area contributed by atoms with Crippen molar-refractivity contribution >= 4 is 22.6 Å². The molecule has 1 aromatic heterocycles. The molecule has 1 saturated heterocycles. The number of amidine groups is 1. The fourth-order valence-corrected chi connectivity index (χ4v) is 4.94. The van der Waals surface area contributed by atoms with Gasteiger partial charge in [0.15, 0.2) is 0 Å². The highest BCUT2D eigenvalue weighted by atomic mass is 16.3. The van der Waals surface area contributed by atoms with Crippen molar-refractivity contribution < 1.29 is 9.90 Å². The lowest BCUT2D eigenvalue weighted by Crippen LogP contribution is -2.39. The number of carbonyl (C=O) groups excluding carboxylic acids is 1. The highest BCUT2D eigenvalue weighted by Gasteiger charge is 2.34. The van der Waals surface area contributed by atoms with Crippen LogP contribution in [0, 0.1) is 5.41 Å². The standard InChI is InChI=1S/C25H30N4O2/c1-3-28-22(14-18-9-10-19(25(26)27)15-23(18)28)16(2)21-8-5-11-29(21)24(31)13-17-6-4-7-20(30)12-17/h4,6-7,9-10,12,14-16,21,30H,3,5,8,11,13H2,1-2H3,(H3,26,27)/t16?,21-/m0/s1. The maximum absolute atomic E-state index is 13.1. The summed E-state index contributed by atoms with van der Waals surface area (Å²) in [5.41, 5.74) is 9.55. The summed E-state index contributed by atoms with van der Waals surface area (Å²) in [6.45, 7) is 5.91. The third-order valence-corrected chi connectivity index (χ3v) is 6.49. The molecule has 31 heavy (non-hydrogen) atoms. The average Bonchev–Trinajstić information content (AvgIpc) is 3.37. The SMILES string of the molecule is CCn1c(C(C)[C@@H]2CCCN2C(=O)Cc2cccc(O)c2)cc2ccc(C(=N)N)cc21. The van der Waals surface area contributed by atoms with Gasteiger partial charge in [0.1, 0.15) is 11.6 Å². The molecule has 4 rings (SSSR count). The number of aromatic nitrogens is 1. The first-order chi connectivity index (χ1) is 14.9. The smallest absolute Gasteiger partial charge is 0.227 e. The van der Waals surface area contributed by atoms with Crippen molar-refractivity contribution in [3.63, 3.8) is 0 Å². The highest BCUT2D eigenvalue weighted by molar-refractivity contribution is 5.98. The first-order valence-corrected chi connectivity index (χ1v) is 10.9. The number of nitrogens with zero attached hydrogens (tertiary/aromatic N) is 2. The van der Waals surface area contributed by atoms with E-state index in [1.807, 2.05) is 29.2 Å². The summed E-state index contributed by atoms with van der Waals surface area (Å²) in [4.78, 5) is 15.1. The molecule has 1 aliphatic rings. The van der Waals surface area contributed by atoms with Gasteiger partial charge in [-0.25, -0.2) is 0 Å². The molecule has 1 unspecified atom stereocenters. The van der Waals surface area contributed by atoms with Gasteiger partial charge in [-0.15, -0.1) is 0 Å². The number of hydrogen-bond acceptors (Lipinski definition) is 3. The van der Waals surface area contributed by atoms with Crippen molar-refractivity contribution in [3.05, 3.63) is 65.4 Å². The highest BCUT2D eigenvalue weighted by Crippen LogP contribution is 2.35. The second kappa shape index (κ2) is 8.46. The molecule has 0 spiro atoms. The van der Waals surface area contributed by atoms with Gasteiger partial charge in [0.2, 0.25) is 5.91 Å². The second-order valence-electron chi connectivity index (χ2n) is 8.43. The van der Waals surface area contributed by atoms with Crippen LogP contribution in [-0.4, -0.2) is 38.9 Å². The molecule has 4 N–H and O–H groups in total. The fourth-order valence-electron chi connectivity index (χ4n) is 4.94. The van der Waals surface area contributed by atoms with Gasteiger partial charge in [-0.2, -0.15) is 0 Å². The predicted molar refractivity (Wildman–Crippen MR) is 124 cm³/mol. The number of phenols is 1. The van der Waals surface area contributed by atoms with Crippen LogP contribution in [0.25, 0.3) is 10.9 Å². The Labute approximate surface area is 182 Å². The number of aromatic hydroxyl groups is 1. The van der Waals surface area contributed by atoms with Gasteiger partial charge in [-0.3, -0.25) is 10.2 Å². The van der Waals surface area contributed by atoms with Crippen molar-refractivity contribution in [1.82, 2.24) is 9.47 Å². The number of likely N-dealkylation sites (tertiary alicyclic amines) is 1. The van der Waals surface area contributed by atoms with Gasteiger partial charge < -0.3 is 20.3 Å². The van der Waals surface area contributed by atoms with Crippen LogP contribution in [0.2, 0.25) is 0 Å². The van der Waals surface area contributed by atoms with E-state index in [-0.39, 0.29) is 29.5 Å². The van der Waals surface area contributed by atoms with E-state index in [2.05, 4.69) is 24.5 Å². The van der Waals surface area contributed by atoms with Crippen LogP contribution in [0.1, 0.15) is 49.4 Å². The van der Waals surface area contributed by atoms with E-state index in [0.717, 1.165) is 48.0 Å². The van der Waals surface area contributed by atoms with E-state index in [9.17, 15) is 9.90 Å². The normalized spacial score (nSPS) is 17.2. The van der Waals surface area contributed by atoms with E-state index in [4.69, 9.17) is 11.1 Å². The molecule has 6 heteroatoms. The summed E-state index contributed by atoms with van der Waals surface area (Å²) in [5, 5.41) is 18.6. The molecular formula is C25H30N4O2. The largest absolute Gasteiger partial charge is 0.508 e. The Hall–Kier alpha value is -3.28. The zero-order valence-electron chi connectivity index (χ0n) is 18.1. The Morgan fingerprint density at radius 3 is 2.77 bits per heavy atom. The third kappa shape index (κ3) is 4.02. The molecule has 0 aliphatic carbocycles. The van der Waals surface area contributed by atoms with E-state index in [0.29, 0.717) is 6.42 Å². The van der Waals surface area contributed by atoms with Crippen LogP contribution in [0.15, 0.2) is 48.5 Å². The Kier molecular flexibility index (Phi) is 5.72. The molecule has 0 bridgehead atoms. The molecule has 2 heterocycles. The van der Waals surface area contributed by atoms with Crippen LogP contribution in [-0.2, 0) is 17.8 Å². The molecule has 0 radical (unpaired) electrons. The zero-order chi connectivity index (χ0) is 22.1. The number of hydrogen-bond donors (Lipinski definition) is 3. The fraction of sp³-hybridized carbons (Fsp3) is 0.360. The molecule has 3 aromatic rings. The van der Waals surface area contributed by atoms with E-state index in [1.54, 1.807) is 18.2 Å². The minimum absolute atomic E-state index is 0.0693. The van der Waals surface area contributed by atoms with E-state index >= 15 is 0 Å². The number of nitrogens with two attached hydrogens (primary N) is 1. The van der Waals surface area contributed by atoms with Gasteiger partial charge >= 0.3 is 0 Å². The maximum Gasteiger partial charge on any atom is 0.227 e. The van der Waals surface area contributed by atoms with Crippen LogP contribution in [0.3, 0.4) is 0 Å². The molecule has 2 aromatic carbocycles. The lowest BCUT2D eigenvalue weighted by Gasteiger charge is -2.30. The van der Waals surface area contributed by atoms with Crippen molar-refractivity contribution in [2.24, 2.45) is 5.73 Å². The number of rotatable bonds is 6. The van der Waals surface area contributed by atoms with E-state index < -0.39 is 0 Å². The number of phenolic OH excluding ortho intramolecular Hbond substituents is 1. The van der Waals surface area contributed by atoms with Crippen LogP contribution in [0.4, 0.5) is 0 Å². The molecule has 2 atom stereocenters. The number of fused-ring (bicyclic) bond motifs is 1. The number of carbonyl (C=O) groups is 1. The first-order valence-electron chi connectivity index (χ1n) is 10.9. The van der Waals surface area contributed by atoms with Gasteiger partial charge in [0.25, 0.3) is 0 Å². The average molecular weight is 419 g/mol. The topological polar surface area (TPSA) is 95.3 Å². The monoisotopic (exact) mass is 418 g/mol. The minimum atomic E-state index is 0.0693. The van der Waals surface area contributed by atoms with Gasteiger partial charge in [-0.1, -0.05) is 31.2 Å². The van der Waals surface area contributed by atoms with Gasteiger partial charge in [-0.05, 0) is 55.0 Å². The number of aryl methyl sites for hydroxylation is 1. The molecule has 0 saturated carbocycles. The molecule has 162 valence electrons. The molecule has 6 nitrogen and oxygen atoms in total. The molecular weight excluding hydrogens is 388 g/mol. The number of nitrogens with one attached hydrogen (secondary N) is 1. The predicted octanol–water partition coefficient (Wildman–Crippen LogP) is 3.99. The summed E-state index contributed by atoms with van der Waals surface area (Å²) in [6.07, 6.45) is 2.29. The van der Waals surface area contributed by atoms with E-state index in [1.165, 1.54) is 5.69 Å². The van der Waals surface area contributed by atoms with Crippen LogP contribution < -0.4 is 5.73 Å². The Balaban J connectivity index is 1.62. The minimum Gasteiger partial charge on any atom is -0.508 e. The van der Waals surface area contributed by atoms with Crippen molar-refractivity contribution in [2.45, 2.75) is 51.6 Å². The van der Waals surface area contributed by atoms with Crippen LogP contribution in [0.5, 0.6) is 5.75 Å². The molecule has 1 aliphatic heterocycles. The second-order valence-corrected chi connectivity index (χ2v) is 8.43. The van der Waals surface area contributed by atoms with Crippen molar-refractivity contribution in [1.29, 1.82) is 5.41 Å². The lowest BCUT2D eigenvalue weighted by atomic mass is 9.95. The van der Waals surface area contributed by atoms with Gasteiger partial charge in [0, 0.05) is 41.8 Å². The lowest BCUT2D eigenvalue weighted by molar-refractivity contribution is -0.131. The Morgan fingerprint density at radius 1 is 1.26 bits per heavy atom. The maximum atomic E-state index is 13.1. The van der Waals surface area contributed by atoms with Crippen molar-refractivity contribution in [3.8, 4) is 5.75 Å². The summed E-state index contributed by atoms with van der Waals surface area (Å²) in [5.74, 6) is 0.552. The third-order valence-electron chi connectivity index (χ3n) is 6.49. The quantitative estimate of drug-likeness (QED) is 0.417. The Morgan fingerprint density at radius 2 is 2.06 bits per heavy atom. The summed E-state index contributed by atoms with van der Waals surface area (Å²) in [7, 11) is 0. The van der Waals surface area contributed by atoms with Crippen LogP contribution >= 0.6 is 0 Å². The zero-order valence-corrected chi connectivity index (χ0v) is 18.1. The number of nitrogen functional groups attached to an aromatic ring is 1. The Bertz CT molecular complexity index is 1130. The van der Waals surface area contributed by atoms with Crippen molar-refractivity contribution in [2.75, 3.05) is 6.54 Å². The molecule has 1 fully saturated rings. The number of benzene rings is 2. The van der Waals surface area contributed by atoms with Gasteiger partial charge in [0.05, 0.1) is 6.42 Å².